The summed E-state index contributed by atoms with van der Waals surface area (Å²) in [6, 6.07) is 19.3. The van der Waals surface area contributed by atoms with Crippen molar-refractivity contribution < 1.29 is 19.1 Å². The number of esters is 2. The van der Waals surface area contributed by atoms with Gasteiger partial charge in [-0.3, -0.25) is 0 Å². The number of hydrogen-bond donors (Lipinski definition) is 2. The molecule has 32 heavy (non-hydrogen) atoms. The van der Waals surface area contributed by atoms with Crippen molar-refractivity contribution >= 4 is 38.2 Å². The summed E-state index contributed by atoms with van der Waals surface area (Å²) in [5.41, 5.74) is 2.24. The second kappa shape index (κ2) is 14.5. The van der Waals surface area contributed by atoms with Crippen molar-refractivity contribution in [3.8, 4) is 0 Å². The van der Waals surface area contributed by atoms with Gasteiger partial charge in [0.1, 0.15) is 0 Å². The van der Waals surface area contributed by atoms with Crippen LogP contribution in [0.4, 0.5) is 0 Å². The summed E-state index contributed by atoms with van der Waals surface area (Å²) >= 11 is 0.352. The van der Waals surface area contributed by atoms with E-state index in [0.717, 1.165) is 11.1 Å². The van der Waals surface area contributed by atoms with Crippen LogP contribution in [0.3, 0.4) is 0 Å². The van der Waals surface area contributed by atoms with Crippen molar-refractivity contribution in [3.63, 3.8) is 0 Å². The zero-order chi connectivity index (χ0) is 23.3. The SMILES string of the molecule is COC(=O)[C@@H](NCc1ccccc1)[C@H](C)[Se][Se][C@@H](C)[C@H](NCc1ccccc1)C(=O)OC. The molecule has 2 aromatic carbocycles. The van der Waals surface area contributed by atoms with Crippen LogP contribution in [-0.4, -0.2) is 64.5 Å². The number of methoxy groups -OCH3 is 2. The van der Waals surface area contributed by atoms with E-state index in [1.54, 1.807) is 0 Å². The van der Waals surface area contributed by atoms with Crippen molar-refractivity contribution in [2.75, 3.05) is 14.2 Å². The molecule has 0 amide bonds. The van der Waals surface area contributed by atoms with Gasteiger partial charge >= 0.3 is 203 Å². The molecular weight excluding hydrogens is 538 g/mol. The molecule has 2 rings (SSSR count). The molecule has 0 aliphatic heterocycles. The minimum absolute atomic E-state index is 0.133. The summed E-state index contributed by atoms with van der Waals surface area (Å²) in [6.07, 6.45) is 0. The van der Waals surface area contributed by atoms with Gasteiger partial charge in [0.2, 0.25) is 0 Å². The fraction of sp³-hybridized carbons (Fsp3) is 0.417. The molecule has 0 aliphatic carbocycles. The van der Waals surface area contributed by atoms with Gasteiger partial charge in [0.25, 0.3) is 0 Å². The van der Waals surface area contributed by atoms with Crippen LogP contribution in [0.2, 0.25) is 9.63 Å². The fourth-order valence-corrected chi connectivity index (χ4v) is 11.4. The second-order valence-corrected chi connectivity index (χ2v) is 15.5. The minimum atomic E-state index is -0.372. The van der Waals surface area contributed by atoms with Crippen LogP contribution in [0.1, 0.15) is 25.0 Å². The molecule has 0 aliphatic rings. The Bertz CT molecular complexity index is 754. The van der Waals surface area contributed by atoms with Crippen LogP contribution >= 0.6 is 0 Å². The van der Waals surface area contributed by atoms with E-state index in [0.29, 0.717) is 13.1 Å². The molecule has 6 nitrogen and oxygen atoms in total. The van der Waals surface area contributed by atoms with Gasteiger partial charge in [-0.1, -0.05) is 0 Å². The van der Waals surface area contributed by atoms with Crippen molar-refractivity contribution in [1.82, 2.24) is 10.6 Å². The molecule has 8 heteroatoms. The molecule has 0 heterocycles. The third-order valence-corrected chi connectivity index (χ3v) is 15.4. The number of rotatable bonds is 13. The normalized spacial score (nSPS) is 14.8. The molecule has 0 saturated heterocycles. The average molecular weight is 570 g/mol. The predicted octanol–water partition coefficient (Wildman–Crippen LogP) is 2.59. The molecule has 174 valence electrons. The van der Waals surface area contributed by atoms with Gasteiger partial charge in [-0.2, -0.15) is 0 Å². The van der Waals surface area contributed by atoms with Crippen LogP contribution in [-0.2, 0) is 32.2 Å². The molecule has 2 aromatic rings. The first-order valence-corrected chi connectivity index (χ1v) is 16.8. The van der Waals surface area contributed by atoms with Crippen LogP contribution in [0.25, 0.3) is 0 Å². The average Bonchev–Trinajstić information content (AvgIpc) is 2.83. The van der Waals surface area contributed by atoms with Gasteiger partial charge in [0.15, 0.2) is 0 Å². The van der Waals surface area contributed by atoms with Crippen LogP contribution in [0.5, 0.6) is 0 Å². The Hall–Kier alpha value is -1.66. The van der Waals surface area contributed by atoms with Crippen molar-refractivity contribution in [2.24, 2.45) is 0 Å². The number of ether oxygens (including phenoxy) is 2. The second-order valence-electron chi connectivity index (χ2n) is 7.34. The summed E-state index contributed by atoms with van der Waals surface area (Å²) in [7, 11) is 2.85. The van der Waals surface area contributed by atoms with E-state index in [9.17, 15) is 9.59 Å². The van der Waals surface area contributed by atoms with E-state index in [1.807, 2.05) is 60.7 Å². The maximum absolute atomic E-state index is 12.4. The molecule has 4 atom stereocenters. The van der Waals surface area contributed by atoms with Crippen molar-refractivity contribution in [1.29, 1.82) is 0 Å². The Morgan fingerprint density at radius 2 is 1.06 bits per heavy atom. The summed E-state index contributed by atoms with van der Waals surface area (Å²) in [5, 5.41) is 6.73. The summed E-state index contributed by atoms with van der Waals surface area (Å²) < 4.78 is 10.1. The van der Waals surface area contributed by atoms with Crippen LogP contribution < -0.4 is 10.6 Å². The Balaban J connectivity index is 1.94. The zero-order valence-corrected chi connectivity index (χ0v) is 22.4. The van der Waals surface area contributed by atoms with E-state index in [2.05, 4.69) is 24.5 Å². The number of hydrogen-bond acceptors (Lipinski definition) is 6. The summed E-state index contributed by atoms with van der Waals surface area (Å²) in [5.74, 6) is -0.490. The van der Waals surface area contributed by atoms with Gasteiger partial charge in [-0.25, -0.2) is 0 Å². The van der Waals surface area contributed by atoms with Crippen LogP contribution in [0, 0.1) is 0 Å². The Labute approximate surface area is 202 Å². The quantitative estimate of drug-likeness (QED) is 0.285. The maximum atomic E-state index is 12.4. The number of carbonyl (C=O) groups excluding carboxylic acids is 2. The van der Waals surface area contributed by atoms with Crippen LogP contribution in [0.15, 0.2) is 60.7 Å². The fourth-order valence-electron chi connectivity index (χ4n) is 3.07. The molecule has 0 radical (unpaired) electrons. The van der Waals surface area contributed by atoms with Crippen molar-refractivity contribution in [3.05, 3.63) is 71.8 Å². The van der Waals surface area contributed by atoms with E-state index >= 15 is 0 Å². The van der Waals surface area contributed by atoms with Gasteiger partial charge in [-0.05, 0) is 0 Å². The number of benzene rings is 2. The number of carbonyl (C=O) groups is 2. The Morgan fingerprint density at radius 1 is 0.719 bits per heavy atom. The summed E-state index contributed by atoms with van der Waals surface area (Å²) in [6.45, 7) is 5.37. The first kappa shape index (κ1) is 26.6. The van der Waals surface area contributed by atoms with Gasteiger partial charge in [0.05, 0.1) is 0 Å². The predicted molar refractivity (Wildman–Crippen MR) is 129 cm³/mol. The standard InChI is InChI=1S/C24H32N2O4Se2/c1-17(21(23(27)29-3)25-15-19-11-7-5-8-12-19)31-32-18(2)22(24(28)30-4)26-16-20-13-9-6-10-14-20/h5-14,17-18,21-22,25-26H,15-16H2,1-4H3/t17-,18-,21-,22-/m0/s1. The van der Waals surface area contributed by atoms with Gasteiger partial charge < -0.3 is 0 Å². The molecule has 2 N–H and O–H groups in total. The summed E-state index contributed by atoms with van der Waals surface area (Å²) in [4.78, 5) is 25.1. The van der Waals surface area contributed by atoms with Gasteiger partial charge in [-0.15, -0.1) is 0 Å². The molecule has 0 aromatic heterocycles. The molecule has 0 saturated carbocycles. The molecular formula is C24H32N2O4Se2. The Kier molecular flexibility index (Phi) is 12.0. The third-order valence-electron chi connectivity index (χ3n) is 4.95. The van der Waals surface area contributed by atoms with E-state index in [1.165, 1.54) is 14.2 Å². The zero-order valence-electron chi connectivity index (χ0n) is 18.9. The third kappa shape index (κ3) is 8.70. The topological polar surface area (TPSA) is 76.7 Å². The number of nitrogens with one attached hydrogen (secondary N) is 2. The monoisotopic (exact) mass is 572 g/mol. The molecule has 0 bridgehead atoms. The van der Waals surface area contributed by atoms with Gasteiger partial charge in [0, 0.05) is 0 Å². The first-order valence-electron chi connectivity index (χ1n) is 10.5. The van der Waals surface area contributed by atoms with E-state index in [-0.39, 0.29) is 59.9 Å². The molecule has 0 unspecified atom stereocenters. The van der Waals surface area contributed by atoms with E-state index < -0.39 is 0 Å². The first-order chi connectivity index (χ1) is 15.5. The van der Waals surface area contributed by atoms with E-state index in [4.69, 9.17) is 9.47 Å². The molecule has 0 spiro atoms. The van der Waals surface area contributed by atoms with Crippen molar-refractivity contribution in [2.45, 2.75) is 48.7 Å². The molecule has 0 fully saturated rings. The Morgan fingerprint density at radius 3 is 1.38 bits per heavy atom.